The Bertz CT molecular complexity index is 723. The van der Waals surface area contributed by atoms with Gasteiger partial charge in [-0.25, -0.2) is 0 Å². The van der Waals surface area contributed by atoms with Gasteiger partial charge >= 0.3 is 6.18 Å². The average molecular weight is 365 g/mol. The smallest absolute Gasteiger partial charge is 0.377 e. The SMILES string of the molecule is CCC(OC)c1ccc(C(=O)NCCc2cccc(C(F)(F)F)c2)cc1. The minimum atomic E-state index is -4.36. The van der Waals surface area contributed by atoms with Crippen LogP contribution in [-0.2, 0) is 17.3 Å². The quantitative estimate of drug-likeness (QED) is 0.767. The van der Waals surface area contributed by atoms with Crippen LogP contribution >= 0.6 is 0 Å². The molecular formula is C20H22F3NO2. The topological polar surface area (TPSA) is 38.3 Å². The zero-order valence-electron chi connectivity index (χ0n) is 14.8. The van der Waals surface area contributed by atoms with Crippen molar-refractivity contribution in [1.29, 1.82) is 0 Å². The van der Waals surface area contributed by atoms with Crippen LogP contribution in [0.25, 0.3) is 0 Å². The molecule has 2 aromatic rings. The fourth-order valence-corrected chi connectivity index (χ4v) is 2.71. The number of hydrogen-bond acceptors (Lipinski definition) is 2. The first kappa shape index (κ1) is 20.0. The van der Waals surface area contributed by atoms with Crippen LogP contribution in [0.2, 0.25) is 0 Å². The molecule has 1 unspecified atom stereocenters. The number of ether oxygens (including phenoxy) is 1. The molecule has 0 radical (unpaired) electrons. The summed E-state index contributed by atoms with van der Waals surface area (Å²) in [5, 5.41) is 2.73. The molecular weight excluding hydrogens is 343 g/mol. The molecule has 6 heteroatoms. The fraction of sp³-hybridized carbons (Fsp3) is 0.350. The van der Waals surface area contributed by atoms with E-state index in [1.807, 2.05) is 19.1 Å². The fourth-order valence-electron chi connectivity index (χ4n) is 2.71. The summed E-state index contributed by atoms with van der Waals surface area (Å²) in [7, 11) is 1.64. The van der Waals surface area contributed by atoms with Crippen LogP contribution in [0, 0.1) is 0 Å². The second-order valence-corrected chi connectivity index (χ2v) is 5.96. The Morgan fingerprint density at radius 1 is 1.15 bits per heavy atom. The van der Waals surface area contributed by atoms with E-state index in [2.05, 4.69) is 5.32 Å². The van der Waals surface area contributed by atoms with Gasteiger partial charge in [0.1, 0.15) is 0 Å². The first-order valence-electron chi connectivity index (χ1n) is 8.42. The van der Waals surface area contributed by atoms with Crippen LogP contribution in [0.3, 0.4) is 0 Å². The molecule has 2 aromatic carbocycles. The lowest BCUT2D eigenvalue weighted by Crippen LogP contribution is -2.25. The number of carbonyl (C=O) groups is 1. The maximum Gasteiger partial charge on any atom is 0.416 e. The summed E-state index contributed by atoms with van der Waals surface area (Å²) in [5.74, 6) is -0.256. The molecule has 2 rings (SSSR count). The van der Waals surface area contributed by atoms with E-state index >= 15 is 0 Å². The third kappa shape index (κ3) is 5.33. The van der Waals surface area contributed by atoms with Crippen molar-refractivity contribution in [2.24, 2.45) is 0 Å². The molecule has 0 fully saturated rings. The maximum atomic E-state index is 12.7. The summed E-state index contributed by atoms with van der Waals surface area (Å²) in [6.45, 7) is 2.28. The van der Waals surface area contributed by atoms with Crippen molar-refractivity contribution in [2.45, 2.75) is 32.0 Å². The van der Waals surface area contributed by atoms with Gasteiger partial charge in [-0.15, -0.1) is 0 Å². The van der Waals surface area contributed by atoms with Gasteiger partial charge in [-0.2, -0.15) is 13.2 Å². The van der Waals surface area contributed by atoms with Crippen LogP contribution in [0.1, 0.15) is 46.5 Å². The monoisotopic (exact) mass is 365 g/mol. The second kappa shape index (κ2) is 8.85. The highest BCUT2D eigenvalue weighted by Crippen LogP contribution is 2.29. The molecule has 1 atom stereocenters. The highest BCUT2D eigenvalue weighted by atomic mass is 19.4. The van der Waals surface area contributed by atoms with E-state index in [0.29, 0.717) is 17.5 Å². The Morgan fingerprint density at radius 3 is 2.42 bits per heavy atom. The third-order valence-corrected chi connectivity index (χ3v) is 4.15. The molecule has 1 amide bonds. The standard InChI is InChI=1S/C20H22F3NO2/c1-3-18(26-2)15-7-9-16(10-8-15)19(25)24-12-11-14-5-4-6-17(13-14)20(21,22)23/h4-10,13,18H,3,11-12H2,1-2H3,(H,24,25). The zero-order chi connectivity index (χ0) is 19.2. The molecule has 0 heterocycles. The first-order chi connectivity index (χ1) is 12.3. The molecule has 1 N–H and O–H groups in total. The highest BCUT2D eigenvalue weighted by molar-refractivity contribution is 5.94. The summed E-state index contributed by atoms with van der Waals surface area (Å²) in [6, 6.07) is 12.3. The Kier molecular flexibility index (Phi) is 6.80. The number of amides is 1. The number of rotatable bonds is 7. The normalized spacial score (nSPS) is 12.7. The van der Waals surface area contributed by atoms with Gasteiger partial charge in [0.05, 0.1) is 11.7 Å². The van der Waals surface area contributed by atoms with E-state index in [-0.39, 0.29) is 18.6 Å². The lowest BCUT2D eigenvalue weighted by atomic mass is 10.0. The van der Waals surface area contributed by atoms with Crippen molar-refractivity contribution in [3.8, 4) is 0 Å². The van der Waals surface area contributed by atoms with E-state index in [9.17, 15) is 18.0 Å². The number of benzene rings is 2. The lowest BCUT2D eigenvalue weighted by Gasteiger charge is -2.13. The highest BCUT2D eigenvalue weighted by Gasteiger charge is 2.30. The van der Waals surface area contributed by atoms with Crippen LogP contribution in [0.15, 0.2) is 48.5 Å². The maximum absolute atomic E-state index is 12.7. The number of nitrogens with one attached hydrogen (secondary N) is 1. The number of alkyl halides is 3. The predicted molar refractivity (Wildman–Crippen MR) is 94.0 cm³/mol. The Hall–Kier alpha value is -2.34. The molecule has 0 aromatic heterocycles. The van der Waals surface area contributed by atoms with Crippen molar-refractivity contribution in [3.05, 3.63) is 70.8 Å². The average Bonchev–Trinajstić information content (AvgIpc) is 2.63. The van der Waals surface area contributed by atoms with Gasteiger partial charge in [-0.05, 0) is 42.2 Å². The summed E-state index contributed by atoms with van der Waals surface area (Å²) in [5.41, 5.74) is 1.35. The zero-order valence-corrected chi connectivity index (χ0v) is 14.8. The number of hydrogen-bond donors (Lipinski definition) is 1. The van der Waals surface area contributed by atoms with Gasteiger partial charge in [-0.1, -0.05) is 37.3 Å². The van der Waals surface area contributed by atoms with Crippen LogP contribution in [-0.4, -0.2) is 19.6 Å². The lowest BCUT2D eigenvalue weighted by molar-refractivity contribution is -0.137. The summed E-state index contributed by atoms with van der Waals surface area (Å²) in [6.07, 6.45) is -3.21. The van der Waals surface area contributed by atoms with Gasteiger partial charge in [0.2, 0.25) is 0 Å². The largest absolute Gasteiger partial charge is 0.416 e. The molecule has 0 saturated heterocycles. The predicted octanol–water partition coefficient (Wildman–Crippen LogP) is 4.78. The van der Waals surface area contributed by atoms with E-state index in [4.69, 9.17) is 4.74 Å². The summed E-state index contributed by atoms with van der Waals surface area (Å²) in [4.78, 5) is 12.2. The molecule has 0 bridgehead atoms. The van der Waals surface area contributed by atoms with E-state index < -0.39 is 11.7 Å². The van der Waals surface area contributed by atoms with Crippen molar-refractivity contribution in [1.82, 2.24) is 5.32 Å². The Balaban J connectivity index is 1.91. The molecule has 26 heavy (non-hydrogen) atoms. The van der Waals surface area contributed by atoms with Crippen LogP contribution in [0.5, 0.6) is 0 Å². The minimum absolute atomic E-state index is 0.00646. The van der Waals surface area contributed by atoms with Gasteiger partial charge in [-0.3, -0.25) is 4.79 Å². The van der Waals surface area contributed by atoms with E-state index in [1.54, 1.807) is 25.3 Å². The number of methoxy groups -OCH3 is 1. The van der Waals surface area contributed by atoms with Crippen molar-refractivity contribution < 1.29 is 22.7 Å². The van der Waals surface area contributed by atoms with Gasteiger partial charge < -0.3 is 10.1 Å². The minimum Gasteiger partial charge on any atom is -0.377 e. The van der Waals surface area contributed by atoms with Gasteiger partial charge in [0.25, 0.3) is 5.91 Å². The molecule has 0 saturated carbocycles. The summed E-state index contributed by atoms with van der Waals surface area (Å²) >= 11 is 0. The Labute approximate surface area is 151 Å². The molecule has 0 aliphatic carbocycles. The second-order valence-electron chi connectivity index (χ2n) is 5.96. The van der Waals surface area contributed by atoms with E-state index in [0.717, 1.165) is 24.1 Å². The van der Waals surface area contributed by atoms with Gasteiger partial charge in [0.15, 0.2) is 0 Å². The number of halogens is 3. The van der Waals surface area contributed by atoms with Crippen molar-refractivity contribution in [2.75, 3.05) is 13.7 Å². The van der Waals surface area contributed by atoms with Crippen molar-refractivity contribution >= 4 is 5.91 Å². The van der Waals surface area contributed by atoms with Crippen LogP contribution in [0.4, 0.5) is 13.2 Å². The van der Waals surface area contributed by atoms with Crippen molar-refractivity contribution in [3.63, 3.8) is 0 Å². The van der Waals surface area contributed by atoms with Crippen LogP contribution < -0.4 is 5.32 Å². The summed E-state index contributed by atoms with van der Waals surface area (Å²) < 4.78 is 43.5. The molecule has 3 nitrogen and oxygen atoms in total. The van der Waals surface area contributed by atoms with E-state index in [1.165, 1.54) is 6.07 Å². The Morgan fingerprint density at radius 2 is 1.85 bits per heavy atom. The molecule has 0 aliphatic rings. The molecule has 140 valence electrons. The van der Waals surface area contributed by atoms with Gasteiger partial charge in [0, 0.05) is 19.2 Å². The molecule has 0 spiro atoms. The number of carbonyl (C=O) groups excluding carboxylic acids is 1. The first-order valence-corrected chi connectivity index (χ1v) is 8.42. The third-order valence-electron chi connectivity index (χ3n) is 4.15. The molecule has 0 aliphatic heterocycles.